The average Bonchev–Trinajstić information content (AvgIpc) is 2.74. The Bertz CT molecular complexity index is 632. The summed E-state index contributed by atoms with van der Waals surface area (Å²) in [4.78, 5) is 12.0. The van der Waals surface area contributed by atoms with Crippen LogP contribution in [0.15, 0.2) is 36.4 Å². The lowest BCUT2D eigenvalue weighted by Gasteiger charge is -2.31. The minimum absolute atomic E-state index is 0.0313. The Balaban J connectivity index is 2.31. The standard InChI is InChI=1S/C18H21F3O3/c1-12(2)15(22)24-17(10-9-16(3,4)11-17)13-5-7-14(8-6-13)23-18(19,20)21/h5-8H,1,9-11H2,2-4H3. The van der Waals surface area contributed by atoms with E-state index in [1.807, 2.05) is 0 Å². The Hall–Kier alpha value is -1.98. The van der Waals surface area contributed by atoms with Crippen LogP contribution in [0.4, 0.5) is 13.2 Å². The molecule has 0 spiro atoms. The summed E-state index contributed by atoms with van der Waals surface area (Å²) >= 11 is 0. The van der Waals surface area contributed by atoms with E-state index in [4.69, 9.17) is 4.74 Å². The molecule has 0 radical (unpaired) electrons. The lowest BCUT2D eigenvalue weighted by Crippen LogP contribution is -2.31. The zero-order chi connectivity index (χ0) is 18.2. The molecule has 0 heterocycles. The van der Waals surface area contributed by atoms with Crippen LogP contribution < -0.4 is 4.74 Å². The van der Waals surface area contributed by atoms with Crippen molar-refractivity contribution >= 4 is 5.97 Å². The zero-order valence-electron chi connectivity index (χ0n) is 14.0. The molecule has 2 rings (SSSR count). The number of benzene rings is 1. The molecule has 132 valence electrons. The molecule has 0 amide bonds. The fourth-order valence-electron chi connectivity index (χ4n) is 3.11. The Morgan fingerprint density at radius 3 is 2.17 bits per heavy atom. The van der Waals surface area contributed by atoms with Gasteiger partial charge in [-0.15, -0.1) is 13.2 Å². The molecule has 1 aromatic rings. The molecule has 24 heavy (non-hydrogen) atoms. The van der Waals surface area contributed by atoms with Gasteiger partial charge in [0.1, 0.15) is 11.4 Å². The lowest BCUT2D eigenvalue weighted by molar-refractivity contribution is -0.274. The molecule has 0 aromatic heterocycles. The molecule has 3 nitrogen and oxygen atoms in total. The van der Waals surface area contributed by atoms with E-state index in [2.05, 4.69) is 25.2 Å². The molecule has 0 bridgehead atoms. The van der Waals surface area contributed by atoms with Crippen molar-refractivity contribution in [2.75, 3.05) is 0 Å². The second kappa shape index (κ2) is 6.15. The van der Waals surface area contributed by atoms with E-state index >= 15 is 0 Å². The summed E-state index contributed by atoms with van der Waals surface area (Å²) in [7, 11) is 0. The number of carbonyl (C=O) groups excluding carboxylic acids is 1. The quantitative estimate of drug-likeness (QED) is 0.563. The van der Waals surface area contributed by atoms with Gasteiger partial charge in [0.15, 0.2) is 0 Å². The highest BCUT2D eigenvalue weighted by Crippen LogP contribution is 2.51. The third-order valence-corrected chi connectivity index (χ3v) is 4.22. The summed E-state index contributed by atoms with van der Waals surface area (Å²) in [6.07, 6.45) is -2.69. The number of ether oxygens (including phenoxy) is 2. The maximum atomic E-state index is 12.3. The van der Waals surface area contributed by atoms with Crippen LogP contribution in [-0.4, -0.2) is 12.3 Å². The van der Waals surface area contributed by atoms with E-state index in [9.17, 15) is 18.0 Å². The predicted molar refractivity (Wildman–Crippen MR) is 83.3 cm³/mol. The van der Waals surface area contributed by atoms with Gasteiger partial charge in [-0.1, -0.05) is 32.6 Å². The van der Waals surface area contributed by atoms with Crippen molar-refractivity contribution in [2.45, 2.75) is 52.0 Å². The summed E-state index contributed by atoms with van der Waals surface area (Å²) in [6, 6.07) is 5.53. The predicted octanol–water partition coefficient (Wildman–Crippen LogP) is 5.11. The largest absolute Gasteiger partial charge is 0.573 e. The number of hydrogen-bond donors (Lipinski definition) is 0. The van der Waals surface area contributed by atoms with Gasteiger partial charge in [-0.3, -0.25) is 0 Å². The molecule has 1 aromatic carbocycles. The van der Waals surface area contributed by atoms with Crippen LogP contribution in [-0.2, 0) is 15.1 Å². The van der Waals surface area contributed by atoms with Crippen LogP contribution in [0.1, 0.15) is 45.6 Å². The second-order valence-electron chi connectivity index (χ2n) is 7.08. The van der Waals surface area contributed by atoms with E-state index in [0.29, 0.717) is 18.4 Å². The van der Waals surface area contributed by atoms with Gasteiger partial charge in [0, 0.05) is 5.57 Å². The van der Waals surface area contributed by atoms with Crippen molar-refractivity contribution in [2.24, 2.45) is 5.41 Å². The van der Waals surface area contributed by atoms with Crippen LogP contribution >= 0.6 is 0 Å². The molecule has 1 fully saturated rings. The van der Waals surface area contributed by atoms with E-state index in [-0.39, 0.29) is 16.7 Å². The summed E-state index contributed by atoms with van der Waals surface area (Å²) in [6.45, 7) is 9.31. The lowest BCUT2D eigenvalue weighted by atomic mass is 9.85. The van der Waals surface area contributed by atoms with E-state index in [0.717, 1.165) is 6.42 Å². The number of hydrogen-bond acceptors (Lipinski definition) is 3. The van der Waals surface area contributed by atoms with Crippen molar-refractivity contribution in [1.82, 2.24) is 0 Å². The summed E-state index contributed by atoms with van der Waals surface area (Å²) in [5.74, 6) is -0.798. The fourth-order valence-corrected chi connectivity index (χ4v) is 3.11. The topological polar surface area (TPSA) is 35.5 Å². The number of halogens is 3. The van der Waals surface area contributed by atoms with Gasteiger partial charge in [0.2, 0.25) is 0 Å². The molecule has 0 N–H and O–H groups in total. The fraction of sp³-hybridized carbons (Fsp3) is 0.500. The first-order chi connectivity index (χ1) is 10.9. The summed E-state index contributed by atoms with van der Waals surface area (Å²) in [5, 5.41) is 0. The highest BCUT2D eigenvalue weighted by Gasteiger charge is 2.47. The Morgan fingerprint density at radius 1 is 1.17 bits per heavy atom. The molecular weight excluding hydrogens is 321 g/mol. The minimum Gasteiger partial charge on any atom is -0.451 e. The van der Waals surface area contributed by atoms with Crippen molar-refractivity contribution in [3.63, 3.8) is 0 Å². The van der Waals surface area contributed by atoms with Crippen molar-refractivity contribution < 1.29 is 27.4 Å². The Labute approximate surface area is 139 Å². The number of rotatable bonds is 4. The monoisotopic (exact) mass is 342 g/mol. The first-order valence-electron chi connectivity index (χ1n) is 7.68. The third-order valence-electron chi connectivity index (χ3n) is 4.22. The number of alkyl halides is 3. The van der Waals surface area contributed by atoms with Gasteiger partial charge in [0.05, 0.1) is 0 Å². The smallest absolute Gasteiger partial charge is 0.451 e. The maximum Gasteiger partial charge on any atom is 0.573 e. The van der Waals surface area contributed by atoms with Gasteiger partial charge in [-0.2, -0.15) is 0 Å². The molecule has 1 atom stereocenters. The van der Waals surface area contributed by atoms with Crippen molar-refractivity contribution in [3.8, 4) is 5.75 Å². The van der Waals surface area contributed by atoms with Crippen LogP contribution in [0.2, 0.25) is 0 Å². The third kappa shape index (κ3) is 4.30. The first kappa shape index (κ1) is 18.4. The van der Waals surface area contributed by atoms with Crippen LogP contribution in [0, 0.1) is 5.41 Å². The molecule has 1 aliphatic rings. The number of esters is 1. The SMILES string of the molecule is C=C(C)C(=O)OC1(c2ccc(OC(F)(F)F)cc2)CCC(C)(C)C1. The molecule has 0 aliphatic heterocycles. The van der Waals surface area contributed by atoms with E-state index in [1.165, 1.54) is 24.3 Å². The van der Waals surface area contributed by atoms with Crippen LogP contribution in [0.3, 0.4) is 0 Å². The maximum absolute atomic E-state index is 12.3. The van der Waals surface area contributed by atoms with Crippen LogP contribution in [0.5, 0.6) is 5.75 Å². The highest BCUT2D eigenvalue weighted by atomic mass is 19.4. The summed E-state index contributed by atoms with van der Waals surface area (Å²) in [5.41, 5.74) is 0.0700. The van der Waals surface area contributed by atoms with Gasteiger partial charge in [-0.25, -0.2) is 4.79 Å². The van der Waals surface area contributed by atoms with Gasteiger partial charge < -0.3 is 9.47 Å². The molecule has 0 saturated heterocycles. The molecule has 6 heteroatoms. The average molecular weight is 342 g/mol. The normalized spacial score (nSPS) is 22.9. The molecule has 1 saturated carbocycles. The first-order valence-corrected chi connectivity index (χ1v) is 7.68. The van der Waals surface area contributed by atoms with E-state index < -0.39 is 17.9 Å². The second-order valence-corrected chi connectivity index (χ2v) is 7.08. The van der Waals surface area contributed by atoms with E-state index in [1.54, 1.807) is 6.92 Å². The van der Waals surface area contributed by atoms with Gasteiger partial charge in [0.25, 0.3) is 0 Å². The van der Waals surface area contributed by atoms with Crippen LogP contribution in [0.25, 0.3) is 0 Å². The minimum atomic E-state index is -4.74. The van der Waals surface area contributed by atoms with Gasteiger partial charge >= 0.3 is 12.3 Å². The highest BCUT2D eigenvalue weighted by molar-refractivity contribution is 5.87. The van der Waals surface area contributed by atoms with Crippen molar-refractivity contribution in [3.05, 3.63) is 42.0 Å². The molecule has 1 unspecified atom stereocenters. The number of carbonyl (C=O) groups is 1. The molecular formula is C18H21F3O3. The summed E-state index contributed by atoms with van der Waals surface area (Å²) < 4.78 is 46.5. The Morgan fingerprint density at radius 2 is 1.75 bits per heavy atom. The zero-order valence-corrected chi connectivity index (χ0v) is 14.0. The molecule has 1 aliphatic carbocycles. The Kier molecular flexibility index (Phi) is 4.70. The van der Waals surface area contributed by atoms with Gasteiger partial charge in [-0.05, 0) is 49.3 Å². The van der Waals surface area contributed by atoms with Crippen molar-refractivity contribution in [1.29, 1.82) is 0 Å².